The highest BCUT2D eigenvalue weighted by Gasteiger charge is 2.30. The first-order valence-electron chi connectivity index (χ1n) is 12.9. The summed E-state index contributed by atoms with van der Waals surface area (Å²) in [5, 5.41) is 4.51. The van der Waals surface area contributed by atoms with E-state index in [4.69, 9.17) is 24.4 Å². The summed E-state index contributed by atoms with van der Waals surface area (Å²) in [6.07, 6.45) is 7.58. The molecule has 2 fully saturated rings. The van der Waals surface area contributed by atoms with Crippen molar-refractivity contribution < 1.29 is 22.6 Å². The average molecular weight is 524 g/mol. The SMILES string of the molecule is Cc1nc2cc([C@@H]3CCO[C@@H](c4cnn(C5CC5)c4)C3)nc(-c3ccc(F)cc3F)c2nc1COCCF. The maximum atomic E-state index is 15.0. The lowest BCUT2D eigenvalue weighted by molar-refractivity contribution is 0.00462. The molecule has 4 heterocycles. The summed E-state index contributed by atoms with van der Waals surface area (Å²) in [6, 6.07) is 5.80. The zero-order chi connectivity index (χ0) is 26.2. The number of aryl methyl sites for hydroxylation is 1. The Kier molecular flexibility index (Phi) is 6.84. The molecule has 198 valence electrons. The fourth-order valence-corrected chi connectivity index (χ4v) is 4.99. The van der Waals surface area contributed by atoms with Gasteiger partial charge in [0.1, 0.15) is 29.5 Å². The smallest absolute Gasteiger partial charge is 0.135 e. The van der Waals surface area contributed by atoms with Crippen molar-refractivity contribution in [1.82, 2.24) is 24.7 Å². The largest absolute Gasteiger partial charge is 0.373 e. The fourth-order valence-electron chi connectivity index (χ4n) is 4.99. The number of pyridine rings is 1. The Morgan fingerprint density at radius 1 is 1.11 bits per heavy atom. The minimum absolute atomic E-state index is 0.0411. The van der Waals surface area contributed by atoms with Crippen molar-refractivity contribution in [3.8, 4) is 11.3 Å². The van der Waals surface area contributed by atoms with E-state index in [1.54, 1.807) is 6.92 Å². The molecule has 0 amide bonds. The Hall–Kier alpha value is -3.37. The molecule has 6 rings (SSSR count). The van der Waals surface area contributed by atoms with Crippen LogP contribution < -0.4 is 0 Å². The molecule has 10 heteroatoms. The fraction of sp³-hybridized carbons (Fsp3) is 0.429. The van der Waals surface area contributed by atoms with Crippen LogP contribution in [0.15, 0.2) is 36.7 Å². The number of halogens is 3. The Labute approximate surface area is 218 Å². The minimum Gasteiger partial charge on any atom is -0.373 e. The van der Waals surface area contributed by atoms with Crippen LogP contribution >= 0.6 is 0 Å². The second kappa shape index (κ2) is 10.4. The van der Waals surface area contributed by atoms with Gasteiger partial charge in [-0.05, 0) is 50.8 Å². The molecule has 4 aromatic rings. The van der Waals surface area contributed by atoms with Crippen molar-refractivity contribution in [2.45, 2.75) is 57.3 Å². The van der Waals surface area contributed by atoms with Crippen LogP contribution in [0.5, 0.6) is 0 Å². The lowest BCUT2D eigenvalue weighted by Gasteiger charge is -2.29. The van der Waals surface area contributed by atoms with E-state index in [1.165, 1.54) is 12.1 Å². The third kappa shape index (κ3) is 5.02. The molecule has 1 saturated heterocycles. The van der Waals surface area contributed by atoms with Gasteiger partial charge in [-0.2, -0.15) is 5.10 Å². The number of aromatic nitrogens is 5. The second-order valence-electron chi connectivity index (χ2n) is 9.95. The number of hydrogen-bond acceptors (Lipinski definition) is 6. The van der Waals surface area contributed by atoms with Crippen LogP contribution in [0.1, 0.15) is 66.4 Å². The summed E-state index contributed by atoms with van der Waals surface area (Å²) in [7, 11) is 0. The molecule has 1 aliphatic heterocycles. The number of hydrogen-bond donors (Lipinski definition) is 0. The van der Waals surface area contributed by atoms with Crippen LogP contribution in [0.3, 0.4) is 0 Å². The van der Waals surface area contributed by atoms with E-state index in [9.17, 15) is 13.2 Å². The quantitative estimate of drug-likeness (QED) is 0.267. The van der Waals surface area contributed by atoms with Gasteiger partial charge in [0.2, 0.25) is 0 Å². The third-order valence-electron chi connectivity index (χ3n) is 7.21. The molecule has 2 aliphatic rings. The molecule has 7 nitrogen and oxygen atoms in total. The predicted molar refractivity (Wildman–Crippen MR) is 134 cm³/mol. The summed E-state index contributed by atoms with van der Waals surface area (Å²) in [5.41, 5.74) is 4.33. The Balaban J connectivity index is 1.39. The van der Waals surface area contributed by atoms with Gasteiger partial charge in [0.15, 0.2) is 0 Å². The molecule has 2 atom stereocenters. The zero-order valence-electron chi connectivity index (χ0n) is 21.0. The highest BCUT2D eigenvalue weighted by molar-refractivity contribution is 5.89. The Bertz CT molecular complexity index is 1470. The maximum absolute atomic E-state index is 15.0. The number of alkyl halides is 1. The van der Waals surface area contributed by atoms with Gasteiger partial charge in [-0.15, -0.1) is 0 Å². The summed E-state index contributed by atoms with van der Waals surface area (Å²) >= 11 is 0. The molecule has 3 aromatic heterocycles. The molecule has 0 bridgehead atoms. The first-order chi connectivity index (χ1) is 18.5. The molecular formula is C28H28F3N5O2. The van der Waals surface area contributed by atoms with Crippen molar-refractivity contribution >= 4 is 11.0 Å². The number of benzene rings is 1. The highest BCUT2D eigenvalue weighted by Crippen LogP contribution is 2.40. The van der Waals surface area contributed by atoms with Crippen LogP contribution in [-0.2, 0) is 16.1 Å². The van der Waals surface area contributed by atoms with E-state index < -0.39 is 18.3 Å². The Morgan fingerprint density at radius 3 is 2.76 bits per heavy atom. The maximum Gasteiger partial charge on any atom is 0.135 e. The van der Waals surface area contributed by atoms with Gasteiger partial charge >= 0.3 is 0 Å². The van der Waals surface area contributed by atoms with Crippen molar-refractivity contribution in [3.05, 3.63) is 70.9 Å². The van der Waals surface area contributed by atoms with Gasteiger partial charge in [0.25, 0.3) is 0 Å². The summed E-state index contributed by atoms with van der Waals surface area (Å²) in [5.74, 6) is -1.36. The van der Waals surface area contributed by atoms with Crippen molar-refractivity contribution in [2.24, 2.45) is 0 Å². The molecule has 1 saturated carbocycles. The molecule has 0 N–H and O–H groups in total. The van der Waals surface area contributed by atoms with Crippen molar-refractivity contribution in [1.29, 1.82) is 0 Å². The normalized spacial score (nSPS) is 19.8. The monoisotopic (exact) mass is 523 g/mol. The predicted octanol–water partition coefficient (Wildman–Crippen LogP) is 5.93. The first kappa shape index (κ1) is 24.9. The third-order valence-corrected chi connectivity index (χ3v) is 7.21. The van der Waals surface area contributed by atoms with Crippen molar-refractivity contribution in [3.63, 3.8) is 0 Å². The molecular weight excluding hydrogens is 495 g/mol. The summed E-state index contributed by atoms with van der Waals surface area (Å²) in [6.45, 7) is 1.77. The second-order valence-corrected chi connectivity index (χ2v) is 9.95. The van der Waals surface area contributed by atoms with E-state index in [0.717, 1.165) is 36.6 Å². The molecule has 38 heavy (non-hydrogen) atoms. The number of rotatable bonds is 8. The van der Waals surface area contributed by atoms with E-state index in [0.29, 0.717) is 47.2 Å². The van der Waals surface area contributed by atoms with E-state index in [2.05, 4.69) is 11.3 Å². The van der Waals surface area contributed by atoms with Crippen LogP contribution in [0.4, 0.5) is 13.2 Å². The standard InChI is InChI=1S/C28H28F3N5O2/c1-16-25(15-37-9-7-29)35-28-24(33-16)12-23(34-27(28)21-5-2-19(30)11-22(21)31)17-6-8-38-26(10-17)18-13-32-36(14-18)20-3-4-20/h2,5,11-14,17,20,26H,3-4,6-10,15H2,1H3/t17-,26-/m1/s1. The number of fused-ring (bicyclic) bond motifs is 1. The van der Waals surface area contributed by atoms with Gasteiger partial charge < -0.3 is 9.47 Å². The van der Waals surface area contributed by atoms with Gasteiger partial charge in [-0.25, -0.2) is 28.1 Å². The lowest BCUT2D eigenvalue weighted by Crippen LogP contribution is -2.19. The number of nitrogens with zero attached hydrogens (tertiary/aromatic N) is 5. The Morgan fingerprint density at radius 2 is 1.97 bits per heavy atom. The van der Waals surface area contributed by atoms with Gasteiger partial charge in [-0.3, -0.25) is 4.68 Å². The van der Waals surface area contributed by atoms with Crippen molar-refractivity contribution in [2.75, 3.05) is 19.9 Å². The van der Waals surface area contributed by atoms with Gasteiger partial charge in [0.05, 0.1) is 48.5 Å². The van der Waals surface area contributed by atoms with E-state index >= 15 is 0 Å². The topological polar surface area (TPSA) is 75.0 Å². The zero-order valence-corrected chi connectivity index (χ0v) is 21.0. The lowest BCUT2D eigenvalue weighted by atomic mass is 9.89. The van der Waals surface area contributed by atoms with Crippen LogP contribution in [0, 0.1) is 18.6 Å². The molecule has 1 aromatic carbocycles. The molecule has 0 spiro atoms. The van der Waals surface area contributed by atoms with Crippen LogP contribution in [0.25, 0.3) is 22.3 Å². The molecule has 0 radical (unpaired) electrons. The van der Waals surface area contributed by atoms with Gasteiger partial charge in [0, 0.05) is 41.6 Å². The molecule has 0 unspecified atom stereocenters. The minimum atomic E-state index is -0.731. The van der Waals surface area contributed by atoms with E-state index in [1.807, 2.05) is 16.9 Å². The average Bonchev–Trinajstić information content (AvgIpc) is 3.65. The van der Waals surface area contributed by atoms with Crippen LogP contribution in [0.2, 0.25) is 0 Å². The summed E-state index contributed by atoms with van der Waals surface area (Å²) < 4.78 is 54.7. The van der Waals surface area contributed by atoms with Gasteiger partial charge in [-0.1, -0.05) is 0 Å². The number of ether oxygens (including phenoxy) is 2. The first-order valence-corrected chi connectivity index (χ1v) is 12.9. The highest BCUT2D eigenvalue weighted by atomic mass is 19.1. The molecule has 1 aliphatic carbocycles. The van der Waals surface area contributed by atoms with Crippen LogP contribution in [-0.4, -0.2) is 44.6 Å². The summed E-state index contributed by atoms with van der Waals surface area (Å²) in [4.78, 5) is 14.3. The van der Waals surface area contributed by atoms with E-state index in [-0.39, 0.29) is 30.8 Å².